The van der Waals surface area contributed by atoms with E-state index < -0.39 is 0 Å². The van der Waals surface area contributed by atoms with Crippen molar-refractivity contribution >= 4 is 17.5 Å². The van der Waals surface area contributed by atoms with Crippen molar-refractivity contribution in [2.45, 2.75) is 0 Å². The number of amides is 1. The fraction of sp³-hybridized carbons (Fsp3) is 0.364. The van der Waals surface area contributed by atoms with Crippen LogP contribution >= 0.6 is 11.6 Å². The van der Waals surface area contributed by atoms with E-state index in [2.05, 4.69) is 0 Å². The molecular formula is C11H15ClN2O2. The zero-order valence-electron chi connectivity index (χ0n) is 9.15. The van der Waals surface area contributed by atoms with E-state index in [9.17, 15) is 4.79 Å². The highest BCUT2D eigenvalue weighted by molar-refractivity contribution is 6.32. The molecule has 0 heterocycles. The molecule has 1 amide bonds. The summed E-state index contributed by atoms with van der Waals surface area (Å²) >= 11 is 5.88. The van der Waals surface area contributed by atoms with Crippen LogP contribution in [0.2, 0.25) is 5.02 Å². The largest absolute Gasteiger partial charge is 0.482 e. The van der Waals surface area contributed by atoms with Gasteiger partial charge in [-0.1, -0.05) is 23.7 Å². The molecule has 0 aliphatic carbocycles. The highest BCUT2D eigenvalue weighted by Crippen LogP contribution is 2.22. The minimum Gasteiger partial charge on any atom is -0.482 e. The molecule has 0 radical (unpaired) electrons. The summed E-state index contributed by atoms with van der Waals surface area (Å²) in [5, 5.41) is 0.497. The summed E-state index contributed by atoms with van der Waals surface area (Å²) < 4.78 is 5.30. The van der Waals surface area contributed by atoms with Crippen LogP contribution in [0.1, 0.15) is 0 Å². The number of halogens is 1. The third-order valence-corrected chi connectivity index (χ3v) is 2.39. The van der Waals surface area contributed by atoms with Gasteiger partial charge in [0.2, 0.25) is 0 Å². The Hall–Kier alpha value is -1.26. The first kappa shape index (κ1) is 12.8. The third kappa shape index (κ3) is 3.72. The van der Waals surface area contributed by atoms with Crippen LogP contribution < -0.4 is 10.5 Å². The van der Waals surface area contributed by atoms with Gasteiger partial charge >= 0.3 is 0 Å². The zero-order chi connectivity index (χ0) is 12.0. The lowest BCUT2D eigenvalue weighted by atomic mass is 10.3. The molecule has 0 saturated carbocycles. The number of benzene rings is 1. The molecule has 0 unspecified atom stereocenters. The van der Waals surface area contributed by atoms with Gasteiger partial charge in [-0.3, -0.25) is 4.79 Å². The molecule has 0 saturated heterocycles. The van der Waals surface area contributed by atoms with Gasteiger partial charge in [-0.05, 0) is 12.1 Å². The number of likely N-dealkylation sites (N-methyl/N-ethyl adjacent to an activating group) is 1. The second kappa shape index (κ2) is 6.35. The zero-order valence-corrected chi connectivity index (χ0v) is 9.91. The maximum atomic E-state index is 11.5. The Bertz CT molecular complexity index is 358. The van der Waals surface area contributed by atoms with Crippen molar-refractivity contribution in [2.24, 2.45) is 5.73 Å². The van der Waals surface area contributed by atoms with Crippen LogP contribution in [-0.4, -0.2) is 37.6 Å². The second-order valence-electron chi connectivity index (χ2n) is 3.32. The first-order chi connectivity index (χ1) is 7.65. The van der Waals surface area contributed by atoms with Gasteiger partial charge in [-0.2, -0.15) is 0 Å². The van der Waals surface area contributed by atoms with Crippen LogP contribution in [-0.2, 0) is 4.79 Å². The third-order valence-electron chi connectivity index (χ3n) is 2.08. The van der Waals surface area contributed by atoms with Crippen molar-refractivity contribution in [3.8, 4) is 5.75 Å². The average molecular weight is 243 g/mol. The average Bonchev–Trinajstić information content (AvgIpc) is 2.28. The standard InChI is InChI=1S/C11H15ClN2O2/c1-14(7-6-13)11(15)8-16-10-5-3-2-4-9(10)12/h2-5H,6-8,13H2,1H3. The van der Waals surface area contributed by atoms with E-state index in [0.717, 1.165) is 0 Å². The second-order valence-corrected chi connectivity index (χ2v) is 3.73. The first-order valence-corrected chi connectivity index (χ1v) is 5.34. The molecule has 0 aromatic heterocycles. The van der Waals surface area contributed by atoms with Gasteiger partial charge < -0.3 is 15.4 Å². The van der Waals surface area contributed by atoms with Crippen molar-refractivity contribution in [1.82, 2.24) is 4.90 Å². The molecule has 0 aliphatic rings. The molecule has 16 heavy (non-hydrogen) atoms. The van der Waals surface area contributed by atoms with E-state index in [1.807, 2.05) is 0 Å². The number of hydrogen-bond donors (Lipinski definition) is 1. The monoisotopic (exact) mass is 242 g/mol. The van der Waals surface area contributed by atoms with E-state index in [1.165, 1.54) is 4.90 Å². The Balaban J connectivity index is 2.46. The van der Waals surface area contributed by atoms with Crippen LogP contribution in [0.5, 0.6) is 5.75 Å². The minimum atomic E-state index is -0.120. The molecule has 2 N–H and O–H groups in total. The summed E-state index contributed by atoms with van der Waals surface area (Å²) in [6.07, 6.45) is 0. The SMILES string of the molecule is CN(CCN)C(=O)COc1ccccc1Cl. The summed E-state index contributed by atoms with van der Waals surface area (Å²) in [4.78, 5) is 13.0. The van der Waals surface area contributed by atoms with Gasteiger partial charge in [0.15, 0.2) is 6.61 Å². The number of nitrogens with two attached hydrogens (primary N) is 1. The number of para-hydroxylation sites is 1. The van der Waals surface area contributed by atoms with E-state index in [4.69, 9.17) is 22.1 Å². The molecular weight excluding hydrogens is 228 g/mol. The maximum absolute atomic E-state index is 11.5. The van der Waals surface area contributed by atoms with E-state index in [1.54, 1.807) is 31.3 Å². The summed E-state index contributed by atoms with van der Waals surface area (Å²) in [5.41, 5.74) is 5.34. The number of rotatable bonds is 5. The van der Waals surface area contributed by atoms with Gasteiger partial charge in [0.1, 0.15) is 5.75 Å². The molecule has 0 atom stereocenters. The molecule has 0 aliphatic heterocycles. The highest BCUT2D eigenvalue weighted by Gasteiger charge is 2.09. The summed E-state index contributed by atoms with van der Waals surface area (Å²) in [5.74, 6) is 0.393. The maximum Gasteiger partial charge on any atom is 0.260 e. The summed E-state index contributed by atoms with van der Waals surface area (Å²) in [7, 11) is 1.69. The quantitative estimate of drug-likeness (QED) is 0.842. The molecule has 0 fully saturated rings. The lowest BCUT2D eigenvalue weighted by Gasteiger charge is -2.16. The van der Waals surface area contributed by atoms with Crippen LogP contribution in [0.15, 0.2) is 24.3 Å². The highest BCUT2D eigenvalue weighted by atomic mass is 35.5. The molecule has 1 rings (SSSR count). The van der Waals surface area contributed by atoms with E-state index in [0.29, 0.717) is 23.9 Å². The Morgan fingerprint density at radius 3 is 2.81 bits per heavy atom. The number of hydrogen-bond acceptors (Lipinski definition) is 3. The van der Waals surface area contributed by atoms with Crippen LogP contribution in [0.3, 0.4) is 0 Å². The van der Waals surface area contributed by atoms with Gasteiger partial charge in [0.25, 0.3) is 5.91 Å². The van der Waals surface area contributed by atoms with E-state index >= 15 is 0 Å². The Labute approximate surface area is 99.9 Å². The van der Waals surface area contributed by atoms with Gasteiger partial charge in [0.05, 0.1) is 5.02 Å². The fourth-order valence-electron chi connectivity index (χ4n) is 1.13. The van der Waals surface area contributed by atoms with Gasteiger partial charge in [0, 0.05) is 20.1 Å². The van der Waals surface area contributed by atoms with Gasteiger partial charge in [-0.15, -0.1) is 0 Å². The fourth-order valence-corrected chi connectivity index (χ4v) is 1.32. The molecule has 0 bridgehead atoms. The Morgan fingerprint density at radius 1 is 1.50 bits per heavy atom. The van der Waals surface area contributed by atoms with Crippen LogP contribution in [0, 0.1) is 0 Å². The molecule has 1 aromatic rings. The topological polar surface area (TPSA) is 55.6 Å². The van der Waals surface area contributed by atoms with Crippen LogP contribution in [0.4, 0.5) is 0 Å². The molecule has 1 aromatic carbocycles. The number of carbonyl (C=O) groups is 1. The lowest BCUT2D eigenvalue weighted by Crippen LogP contribution is -2.35. The van der Waals surface area contributed by atoms with Crippen molar-refractivity contribution in [1.29, 1.82) is 0 Å². The molecule has 0 spiro atoms. The number of carbonyl (C=O) groups excluding carboxylic acids is 1. The van der Waals surface area contributed by atoms with Crippen molar-refractivity contribution in [2.75, 3.05) is 26.7 Å². The Morgan fingerprint density at radius 2 is 2.19 bits per heavy atom. The van der Waals surface area contributed by atoms with Crippen molar-refractivity contribution < 1.29 is 9.53 Å². The Kier molecular flexibility index (Phi) is 5.08. The van der Waals surface area contributed by atoms with Gasteiger partial charge in [-0.25, -0.2) is 0 Å². The molecule has 5 heteroatoms. The number of ether oxygens (including phenoxy) is 1. The molecule has 4 nitrogen and oxygen atoms in total. The predicted molar refractivity (Wildman–Crippen MR) is 63.6 cm³/mol. The lowest BCUT2D eigenvalue weighted by molar-refractivity contribution is -0.131. The summed E-state index contributed by atoms with van der Waals surface area (Å²) in [6, 6.07) is 7.04. The van der Waals surface area contributed by atoms with Crippen molar-refractivity contribution in [3.05, 3.63) is 29.3 Å². The van der Waals surface area contributed by atoms with Crippen LogP contribution in [0.25, 0.3) is 0 Å². The smallest absolute Gasteiger partial charge is 0.260 e. The minimum absolute atomic E-state index is 0.0275. The van der Waals surface area contributed by atoms with E-state index in [-0.39, 0.29) is 12.5 Å². The normalized spacial score (nSPS) is 9.94. The predicted octanol–water partition coefficient (Wildman–Crippen LogP) is 1.14. The van der Waals surface area contributed by atoms with Crippen molar-refractivity contribution in [3.63, 3.8) is 0 Å². The molecule has 88 valence electrons. The number of nitrogens with zero attached hydrogens (tertiary/aromatic N) is 1. The summed E-state index contributed by atoms with van der Waals surface area (Å²) in [6.45, 7) is 0.930. The first-order valence-electron chi connectivity index (χ1n) is 4.96.